The number of hydrogen-bond donors (Lipinski definition) is 0. The average molecular weight is 676 g/mol. The molecule has 0 aliphatic heterocycles. The number of benzene rings is 4. The highest BCUT2D eigenvalue weighted by Gasteiger charge is 2.18. The van der Waals surface area contributed by atoms with Crippen molar-refractivity contribution in [2.24, 2.45) is 0 Å². The zero-order valence-corrected chi connectivity index (χ0v) is 29.6. The van der Waals surface area contributed by atoms with Crippen LogP contribution < -0.4 is 18.9 Å². The van der Waals surface area contributed by atoms with Crippen LogP contribution in [0.3, 0.4) is 0 Å². The van der Waals surface area contributed by atoms with Crippen LogP contribution in [0.15, 0.2) is 78.9 Å². The summed E-state index contributed by atoms with van der Waals surface area (Å²) in [5.41, 5.74) is 8.39. The summed E-state index contributed by atoms with van der Waals surface area (Å²) in [6.07, 6.45) is 2.69. The Morgan fingerprint density at radius 2 is 1.41 bits per heavy atom. The molecule has 0 fully saturated rings. The molecule has 0 saturated carbocycles. The van der Waals surface area contributed by atoms with Crippen molar-refractivity contribution in [3.63, 3.8) is 0 Å². The third-order valence-electron chi connectivity index (χ3n) is 8.64. The van der Waals surface area contributed by atoms with Crippen molar-refractivity contribution >= 4 is 27.5 Å². The van der Waals surface area contributed by atoms with Crippen LogP contribution >= 0.6 is 11.3 Å². The van der Waals surface area contributed by atoms with Crippen LogP contribution in [-0.4, -0.2) is 48.1 Å². The number of hydrogen-bond acceptors (Lipinski definition) is 8. The van der Waals surface area contributed by atoms with E-state index in [9.17, 15) is 4.79 Å². The summed E-state index contributed by atoms with van der Waals surface area (Å²) in [6, 6.07) is 26.1. The molecule has 252 valence electrons. The van der Waals surface area contributed by atoms with Gasteiger partial charge in [-0.3, -0.25) is 4.79 Å². The molecule has 2 aromatic heterocycles. The summed E-state index contributed by atoms with van der Waals surface area (Å²) in [5, 5.41) is 5.66. The van der Waals surface area contributed by atoms with E-state index in [-0.39, 0.29) is 5.91 Å². The number of unbranched alkanes of at least 4 members (excludes halogenated alkanes) is 2. The second-order valence-corrected chi connectivity index (χ2v) is 13.1. The van der Waals surface area contributed by atoms with Crippen molar-refractivity contribution in [3.8, 4) is 56.1 Å². The number of fused-ring (bicyclic) bond motifs is 1. The molecule has 6 aromatic rings. The van der Waals surface area contributed by atoms with Gasteiger partial charge in [0.1, 0.15) is 16.5 Å². The molecule has 0 bridgehead atoms. The van der Waals surface area contributed by atoms with Crippen LogP contribution in [-0.2, 0) is 0 Å². The summed E-state index contributed by atoms with van der Waals surface area (Å²) < 4.78 is 26.2. The minimum atomic E-state index is -0.184. The topological polar surface area (TPSA) is 84.7 Å². The number of para-hydroxylation sites is 1. The van der Waals surface area contributed by atoms with E-state index in [4.69, 9.17) is 23.9 Å². The van der Waals surface area contributed by atoms with Gasteiger partial charge >= 0.3 is 0 Å². The molecule has 0 aliphatic rings. The number of nitrogens with zero attached hydrogens (tertiary/aromatic N) is 3. The van der Waals surface area contributed by atoms with Crippen LogP contribution in [0.1, 0.15) is 47.7 Å². The summed E-state index contributed by atoms with van der Waals surface area (Å²) in [6.45, 7) is 8.77. The van der Waals surface area contributed by atoms with Crippen molar-refractivity contribution in [3.05, 3.63) is 95.6 Å². The normalized spacial score (nSPS) is 11.1. The summed E-state index contributed by atoms with van der Waals surface area (Å²) >= 11 is 1.69. The molecule has 0 saturated heterocycles. The molecular formula is C40H41N3O5S. The molecule has 4 aromatic carbocycles. The molecule has 0 unspecified atom stereocenters. The van der Waals surface area contributed by atoms with Crippen LogP contribution in [0.5, 0.6) is 23.0 Å². The predicted octanol–water partition coefficient (Wildman–Crippen LogP) is 9.72. The summed E-state index contributed by atoms with van der Waals surface area (Å²) in [5.74, 6) is 2.73. The van der Waals surface area contributed by atoms with Crippen LogP contribution in [0, 0.1) is 20.8 Å². The van der Waals surface area contributed by atoms with Gasteiger partial charge in [0.25, 0.3) is 0 Å². The smallest absolute Gasteiger partial charge is 0.244 e. The monoisotopic (exact) mass is 675 g/mol. The lowest BCUT2D eigenvalue weighted by Crippen LogP contribution is -2.09. The molecule has 0 N–H and O–H groups in total. The van der Waals surface area contributed by atoms with Crippen LogP contribution in [0.2, 0.25) is 0 Å². The van der Waals surface area contributed by atoms with Crippen molar-refractivity contribution in [2.75, 3.05) is 27.4 Å². The van der Waals surface area contributed by atoms with Gasteiger partial charge in [-0.2, -0.15) is 9.78 Å². The molecular weight excluding hydrogens is 635 g/mol. The number of ether oxygens (including phenoxy) is 4. The average Bonchev–Trinajstić information content (AvgIpc) is 3.75. The van der Waals surface area contributed by atoms with E-state index in [1.165, 1.54) is 16.3 Å². The maximum atomic E-state index is 12.7. The molecule has 0 aliphatic carbocycles. The van der Waals surface area contributed by atoms with Crippen molar-refractivity contribution < 1.29 is 23.7 Å². The van der Waals surface area contributed by atoms with E-state index in [1.807, 2.05) is 62.4 Å². The van der Waals surface area contributed by atoms with E-state index in [1.54, 1.807) is 25.6 Å². The summed E-state index contributed by atoms with van der Waals surface area (Å²) in [7, 11) is 3.28. The van der Waals surface area contributed by atoms with E-state index >= 15 is 0 Å². The Bertz CT molecular complexity index is 2080. The maximum Gasteiger partial charge on any atom is 0.244 e. The molecule has 0 amide bonds. The van der Waals surface area contributed by atoms with Gasteiger partial charge in [-0.1, -0.05) is 24.3 Å². The number of carbonyl (C=O) groups is 1. The minimum Gasteiger partial charge on any atom is -0.496 e. The van der Waals surface area contributed by atoms with Crippen molar-refractivity contribution in [1.29, 1.82) is 0 Å². The van der Waals surface area contributed by atoms with Gasteiger partial charge in [-0.05, 0) is 111 Å². The van der Waals surface area contributed by atoms with Gasteiger partial charge in [0.2, 0.25) is 5.91 Å². The first-order valence-electron chi connectivity index (χ1n) is 16.4. The van der Waals surface area contributed by atoms with Gasteiger partial charge in [-0.15, -0.1) is 11.3 Å². The number of aryl methyl sites for hydroxylation is 2. The number of rotatable bonds is 13. The molecule has 0 radical (unpaired) electrons. The van der Waals surface area contributed by atoms with E-state index in [2.05, 4.69) is 42.4 Å². The second kappa shape index (κ2) is 15.0. The Hall–Kier alpha value is -5.15. The SMILES string of the molecule is COc1ccc(-c2cc(-c3cc(C)c(C)c(OC)c3)nn2C(C)=O)cc1OCCCCCOc1cc(-c2nc3ccccc3s2)ccc1C. The van der Waals surface area contributed by atoms with Crippen molar-refractivity contribution in [2.45, 2.75) is 47.0 Å². The van der Waals surface area contributed by atoms with E-state index < -0.39 is 0 Å². The van der Waals surface area contributed by atoms with Crippen LogP contribution in [0.25, 0.3) is 43.3 Å². The first kappa shape index (κ1) is 33.7. The quantitative estimate of drug-likeness (QED) is 0.113. The zero-order valence-electron chi connectivity index (χ0n) is 28.8. The Balaban J connectivity index is 1.07. The molecule has 9 heteroatoms. The fourth-order valence-electron chi connectivity index (χ4n) is 5.73. The number of thiazole rings is 1. The molecule has 8 nitrogen and oxygen atoms in total. The lowest BCUT2D eigenvalue weighted by molar-refractivity contribution is 0.0923. The molecule has 0 atom stereocenters. The van der Waals surface area contributed by atoms with Gasteiger partial charge in [0.05, 0.1) is 49.0 Å². The first-order valence-corrected chi connectivity index (χ1v) is 17.2. The van der Waals surface area contributed by atoms with Crippen LogP contribution in [0.4, 0.5) is 0 Å². The fourth-order valence-corrected chi connectivity index (χ4v) is 6.69. The fraction of sp³-hybridized carbons (Fsp3) is 0.275. The van der Waals surface area contributed by atoms with Gasteiger partial charge in [-0.25, -0.2) is 4.98 Å². The highest BCUT2D eigenvalue weighted by atomic mass is 32.1. The predicted molar refractivity (Wildman–Crippen MR) is 197 cm³/mol. The maximum absolute atomic E-state index is 12.7. The largest absolute Gasteiger partial charge is 0.496 e. The van der Waals surface area contributed by atoms with Gasteiger partial charge in [0, 0.05) is 23.6 Å². The second-order valence-electron chi connectivity index (χ2n) is 12.1. The molecule has 6 rings (SSSR count). The summed E-state index contributed by atoms with van der Waals surface area (Å²) in [4.78, 5) is 17.5. The molecule has 0 spiro atoms. The standard InChI is InChI=1S/C40H41N3O5S/c1-25-14-15-30(40-41-32-12-8-9-13-39(32)49-40)22-36(25)47-18-10-7-11-19-48-38-21-29(16-17-35(38)45-5)34-24-33(42-43(34)28(4)44)31-20-26(2)27(3)37(23-31)46-6/h8-9,12-17,20-24H,7,10-11,18-19H2,1-6H3. The Morgan fingerprint density at radius 1 is 0.714 bits per heavy atom. The highest BCUT2D eigenvalue weighted by Crippen LogP contribution is 2.36. The minimum absolute atomic E-state index is 0.184. The third kappa shape index (κ3) is 7.47. The lowest BCUT2D eigenvalue weighted by Gasteiger charge is -2.13. The zero-order chi connectivity index (χ0) is 34.5. The highest BCUT2D eigenvalue weighted by molar-refractivity contribution is 7.21. The lowest BCUT2D eigenvalue weighted by atomic mass is 10.0. The Kier molecular flexibility index (Phi) is 10.3. The van der Waals surface area contributed by atoms with Crippen molar-refractivity contribution in [1.82, 2.24) is 14.8 Å². The van der Waals surface area contributed by atoms with Gasteiger partial charge < -0.3 is 18.9 Å². The Labute approximate surface area is 291 Å². The Morgan fingerprint density at radius 3 is 2.14 bits per heavy atom. The molecule has 49 heavy (non-hydrogen) atoms. The van der Waals surface area contributed by atoms with Gasteiger partial charge in [0.15, 0.2) is 11.5 Å². The van der Waals surface area contributed by atoms with E-state index in [0.717, 1.165) is 74.7 Å². The van der Waals surface area contributed by atoms with E-state index in [0.29, 0.717) is 36.1 Å². The third-order valence-corrected chi connectivity index (χ3v) is 9.72. The first-order chi connectivity index (χ1) is 23.7. The number of methoxy groups -OCH3 is 2. The molecule has 2 heterocycles. The number of carbonyl (C=O) groups excluding carboxylic acids is 1. The number of aromatic nitrogens is 3.